The second-order valence-electron chi connectivity index (χ2n) is 8.07. The van der Waals surface area contributed by atoms with Crippen molar-refractivity contribution in [3.63, 3.8) is 0 Å². The lowest BCUT2D eigenvalue weighted by molar-refractivity contribution is 0.0926. The fraction of sp³-hybridized carbons (Fsp3) is 0.348. The summed E-state index contributed by atoms with van der Waals surface area (Å²) in [6, 6.07) is 15.6. The first kappa shape index (κ1) is 19.9. The molecule has 4 N–H and O–H groups in total. The molecule has 1 aliphatic rings. The minimum absolute atomic E-state index is 0.0628. The number of carbonyl (C=O) groups is 1. The second-order valence-corrected chi connectivity index (χ2v) is 8.07. The number of nitrogen functional groups attached to an aromatic ring is 1. The number of amides is 1. The van der Waals surface area contributed by atoms with Crippen molar-refractivity contribution < 1.29 is 4.79 Å². The predicted octanol–water partition coefficient (Wildman–Crippen LogP) is 3.43. The predicted molar refractivity (Wildman–Crippen MR) is 122 cm³/mol. The van der Waals surface area contributed by atoms with Crippen LogP contribution in [0.2, 0.25) is 0 Å². The number of nitrogens with one attached hydrogen (secondary N) is 2. The molecule has 1 fully saturated rings. The molecule has 0 spiro atoms. The van der Waals surface area contributed by atoms with E-state index >= 15 is 0 Å². The number of nitrogens with two attached hydrogens (primary N) is 1. The van der Waals surface area contributed by atoms with Crippen LogP contribution in [0.1, 0.15) is 36.0 Å². The summed E-state index contributed by atoms with van der Waals surface area (Å²) in [6.07, 6.45) is 3.74. The molecule has 4 rings (SSSR count). The lowest BCUT2D eigenvalue weighted by Crippen LogP contribution is -2.40. The third kappa shape index (κ3) is 4.45. The van der Waals surface area contributed by atoms with E-state index in [4.69, 9.17) is 15.7 Å². The van der Waals surface area contributed by atoms with Crippen molar-refractivity contribution >= 4 is 34.3 Å². The molecule has 1 aromatic heterocycles. The highest BCUT2D eigenvalue weighted by Crippen LogP contribution is 2.26. The standard InChI is InChI=1S/C23H28N6O/c1-29(2)21-19-8-3-4-9-20(19)27-23(28-21)26-18-12-10-17(11-13-18)25-22(30)15-6-5-7-16(24)14-15/h3-9,14,17-18H,10-13,24H2,1-2H3,(H,25,30)(H,26,27,28)/t17-,18+. The van der Waals surface area contributed by atoms with Gasteiger partial charge in [0.2, 0.25) is 5.95 Å². The lowest BCUT2D eigenvalue weighted by Gasteiger charge is -2.30. The molecule has 0 saturated heterocycles. The highest BCUT2D eigenvalue weighted by molar-refractivity contribution is 5.95. The van der Waals surface area contributed by atoms with Crippen LogP contribution in [0.4, 0.5) is 17.5 Å². The van der Waals surface area contributed by atoms with Gasteiger partial charge in [0.15, 0.2) is 0 Å². The molecule has 1 amide bonds. The average Bonchev–Trinajstić information content (AvgIpc) is 2.74. The van der Waals surface area contributed by atoms with Gasteiger partial charge < -0.3 is 21.3 Å². The van der Waals surface area contributed by atoms with Crippen LogP contribution < -0.4 is 21.3 Å². The number of nitrogens with zero attached hydrogens (tertiary/aromatic N) is 3. The third-order valence-electron chi connectivity index (χ3n) is 5.55. The van der Waals surface area contributed by atoms with Crippen LogP contribution in [0.5, 0.6) is 0 Å². The molecule has 3 aromatic rings. The van der Waals surface area contributed by atoms with E-state index < -0.39 is 0 Å². The first-order valence-electron chi connectivity index (χ1n) is 10.4. The van der Waals surface area contributed by atoms with Gasteiger partial charge in [-0.25, -0.2) is 4.98 Å². The maximum atomic E-state index is 12.5. The Hall–Kier alpha value is -3.35. The summed E-state index contributed by atoms with van der Waals surface area (Å²) in [5.74, 6) is 1.50. The normalized spacial score (nSPS) is 18.7. The minimum atomic E-state index is -0.0628. The molecule has 0 aliphatic heterocycles. The van der Waals surface area contributed by atoms with Crippen molar-refractivity contribution in [2.75, 3.05) is 30.0 Å². The summed E-state index contributed by atoms with van der Waals surface area (Å²) < 4.78 is 0. The zero-order valence-corrected chi connectivity index (χ0v) is 17.4. The van der Waals surface area contributed by atoms with Crippen LogP contribution in [-0.4, -0.2) is 42.1 Å². The molecule has 0 unspecified atom stereocenters. The van der Waals surface area contributed by atoms with Gasteiger partial charge in [-0.3, -0.25) is 4.79 Å². The molecular weight excluding hydrogens is 376 g/mol. The Morgan fingerprint density at radius 1 is 1.00 bits per heavy atom. The van der Waals surface area contributed by atoms with Gasteiger partial charge in [-0.05, 0) is 56.0 Å². The smallest absolute Gasteiger partial charge is 0.251 e. The fourth-order valence-corrected chi connectivity index (χ4v) is 3.98. The zero-order chi connectivity index (χ0) is 21.1. The first-order chi connectivity index (χ1) is 14.5. The summed E-state index contributed by atoms with van der Waals surface area (Å²) >= 11 is 0. The Balaban J connectivity index is 1.37. The molecule has 7 heteroatoms. The summed E-state index contributed by atoms with van der Waals surface area (Å²) in [5, 5.41) is 7.68. The van der Waals surface area contributed by atoms with Gasteiger partial charge in [0, 0.05) is 42.8 Å². The SMILES string of the molecule is CN(C)c1nc(N[C@H]2CC[C@@H](NC(=O)c3cccc(N)c3)CC2)nc2ccccc12. The van der Waals surface area contributed by atoms with E-state index in [1.165, 1.54) is 0 Å². The Bertz CT molecular complexity index is 1040. The number of benzene rings is 2. The van der Waals surface area contributed by atoms with Crippen molar-refractivity contribution in [3.05, 3.63) is 54.1 Å². The quantitative estimate of drug-likeness (QED) is 0.564. The van der Waals surface area contributed by atoms with Gasteiger partial charge >= 0.3 is 0 Å². The van der Waals surface area contributed by atoms with Crippen LogP contribution in [-0.2, 0) is 0 Å². The van der Waals surface area contributed by atoms with E-state index in [9.17, 15) is 4.79 Å². The number of fused-ring (bicyclic) bond motifs is 1. The van der Waals surface area contributed by atoms with E-state index in [1.54, 1.807) is 24.3 Å². The molecule has 0 atom stereocenters. The second kappa shape index (κ2) is 8.57. The Morgan fingerprint density at radius 2 is 1.73 bits per heavy atom. The summed E-state index contributed by atoms with van der Waals surface area (Å²) in [6.45, 7) is 0. The van der Waals surface area contributed by atoms with E-state index in [0.29, 0.717) is 23.2 Å². The van der Waals surface area contributed by atoms with Gasteiger partial charge in [0.1, 0.15) is 5.82 Å². The van der Waals surface area contributed by atoms with E-state index in [2.05, 4.69) is 10.6 Å². The van der Waals surface area contributed by atoms with Crippen LogP contribution in [0.3, 0.4) is 0 Å². The highest BCUT2D eigenvalue weighted by Gasteiger charge is 2.24. The number of aromatic nitrogens is 2. The van der Waals surface area contributed by atoms with Crippen LogP contribution >= 0.6 is 0 Å². The van der Waals surface area contributed by atoms with E-state index in [1.807, 2.05) is 43.3 Å². The lowest BCUT2D eigenvalue weighted by atomic mass is 9.91. The van der Waals surface area contributed by atoms with Gasteiger partial charge in [0.05, 0.1) is 5.52 Å². The first-order valence-corrected chi connectivity index (χ1v) is 10.4. The van der Waals surface area contributed by atoms with Crippen molar-refractivity contribution in [1.82, 2.24) is 15.3 Å². The number of anilines is 3. The molecule has 0 radical (unpaired) electrons. The summed E-state index contributed by atoms with van der Waals surface area (Å²) in [5.41, 5.74) is 7.92. The van der Waals surface area contributed by atoms with E-state index in [0.717, 1.165) is 42.4 Å². The Morgan fingerprint density at radius 3 is 2.47 bits per heavy atom. The summed E-state index contributed by atoms with van der Waals surface area (Å²) in [7, 11) is 3.99. The molecule has 30 heavy (non-hydrogen) atoms. The van der Waals surface area contributed by atoms with Gasteiger partial charge in [-0.15, -0.1) is 0 Å². The van der Waals surface area contributed by atoms with Crippen molar-refractivity contribution in [2.45, 2.75) is 37.8 Å². The van der Waals surface area contributed by atoms with Gasteiger partial charge in [0.25, 0.3) is 5.91 Å². The molecular formula is C23H28N6O. The van der Waals surface area contributed by atoms with Crippen molar-refractivity contribution in [2.24, 2.45) is 0 Å². The topological polar surface area (TPSA) is 96.2 Å². The number of hydrogen-bond donors (Lipinski definition) is 3. The van der Waals surface area contributed by atoms with Gasteiger partial charge in [-0.1, -0.05) is 18.2 Å². The molecule has 7 nitrogen and oxygen atoms in total. The molecule has 1 aliphatic carbocycles. The maximum Gasteiger partial charge on any atom is 0.251 e. The number of rotatable bonds is 5. The third-order valence-corrected chi connectivity index (χ3v) is 5.55. The van der Waals surface area contributed by atoms with Crippen molar-refractivity contribution in [1.29, 1.82) is 0 Å². The van der Waals surface area contributed by atoms with E-state index in [-0.39, 0.29) is 11.9 Å². The zero-order valence-electron chi connectivity index (χ0n) is 17.4. The molecule has 156 valence electrons. The van der Waals surface area contributed by atoms with Gasteiger partial charge in [-0.2, -0.15) is 4.98 Å². The Kier molecular flexibility index (Phi) is 5.70. The van der Waals surface area contributed by atoms with Crippen LogP contribution in [0.25, 0.3) is 10.9 Å². The molecule has 1 saturated carbocycles. The largest absolute Gasteiger partial charge is 0.399 e. The van der Waals surface area contributed by atoms with Crippen LogP contribution in [0.15, 0.2) is 48.5 Å². The fourth-order valence-electron chi connectivity index (χ4n) is 3.98. The molecule has 2 aromatic carbocycles. The molecule has 1 heterocycles. The Labute approximate surface area is 176 Å². The minimum Gasteiger partial charge on any atom is -0.399 e. The number of para-hydroxylation sites is 1. The van der Waals surface area contributed by atoms with Crippen LogP contribution in [0, 0.1) is 0 Å². The van der Waals surface area contributed by atoms with Crippen molar-refractivity contribution in [3.8, 4) is 0 Å². The highest BCUT2D eigenvalue weighted by atomic mass is 16.1. The summed E-state index contributed by atoms with van der Waals surface area (Å²) in [4.78, 5) is 23.9. The number of hydrogen-bond acceptors (Lipinski definition) is 6. The maximum absolute atomic E-state index is 12.5. The number of carbonyl (C=O) groups excluding carboxylic acids is 1. The average molecular weight is 405 g/mol. The molecule has 0 bridgehead atoms. The monoisotopic (exact) mass is 404 g/mol.